The molecule has 0 unspecified atom stereocenters. The number of aliphatic carboxylic acids is 2. The molecule has 0 radical (unpaired) electrons. The zero-order chi connectivity index (χ0) is 30.0. The molecule has 2 N–H and O–H groups in total. The summed E-state index contributed by atoms with van der Waals surface area (Å²) in [6, 6.07) is 10.6. The Hall–Kier alpha value is -3.46. The van der Waals surface area contributed by atoms with E-state index >= 15 is 0 Å². The number of alkyl halides is 6. The van der Waals surface area contributed by atoms with Crippen molar-refractivity contribution in [3.8, 4) is 5.75 Å². The molecule has 8 nitrogen and oxygen atoms in total. The van der Waals surface area contributed by atoms with Gasteiger partial charge >= 0.3 is 24.3 Å². The number of hydrogen-bond donors (Lipinski definition) is 2. The first-order valence-electron chi connectivity index (χ1n) is 11.9. The molecule has 4 rings (SSSR count). The minimum atomic E-state index is -5.08. The van der Waals surface area contributed by atoms with E-state index in [2.05, 4.69) is 9.88 Å². The van der Waals surface area contributed by atoms with Gasteiger partial charge in [-0.05, 0) is 49.1 Å². The third-order valence-electron chi connectivity index (χ3n) is 6.07. The Kier molecular flexibility index (Phi) is 11.7. The van der Waals surface area contributed by atoms with Crippen LogP contribution in [0.3, 0.4) is 0 Å². The molecule has 2 aliphatic rings. The van der Waals surface area contributed by atoms with E-state index in [0.717, 1.165) is 50.4 Å². The second kappa shape index (κ2) is 14.3. The van der Waals surface area contributed by atoms with Crippen LogP contribution in [0, 0.1) is 11.7 Å². The highest BCUT2D eigenvalue weighted by Gasteiger charge is 2.47. The van der Waals surface area contributed by atoms with Crippen LogP contribution in [0.4, 0.5) is 30.7 Å². The van der Waals surface area contributed by atoms with Crippen LogP contribution in [0.1, 0.15) is 24.8 Å². The maximum absolute atomic E-state index is 13.1. The van der Waals surface area contributed by atoms with Gasteiger partial charge < -0.3 is 19.7 Å². The summed E-state index contributed by atoms with van der Waals surface area (Å²) in [5.74, 6) is -4.50. The van der Waals surface area contributed by atoms with Gasteiger partial charge in [0.1, 0.15) is 11.6 Å². The molecule has 1 aromatic heterocycles. The summed E-state index contributed by atoms with van der Waals surface area (Å²) in [7, 11) is 0. The lowest BCUT2D eigenvalue weighted by molar-refractivity contribution is -0.193. The fourth-order valence-electron chi connectivity index (χ4n) is 4.24. The van der Waals surface area contributed by atoms with Crippen LogP contribution in [0.2, 0.25) is 0 Å². The van der Waals surface area contributed by atoms with Crippen molar-refractivity contribution in [1.29, 1.82) is 0 Å². The monoisotopic (exact) mass is 584 g/mol. The topological polar surface area (TPSA) is 109 Å². The summed E-state index contributed by atoms with van der Waals surface area (Å²) >= 11 is 0. The SMILES string of the molecule is Fc1ccc(CN2CCO[C@]3(CCC[C@H]3COc3cccnc3)C2)cc1.O=C(O)C(F)(F)F.O=C(O)C(F)(F)F. The fraction of sp³-hybridized carbons (Fsp3) is 0.480. The van der Waals surface area contributed by atoms with Crippen LogP contribution in [-0.2, 0) is 20.9 Å². The second-order valence-corrected chi connectivity index (χ2v) is 8.95. The highest BCUT2D eigenvalue weighted by atomic mass is 19.4. The molecule has 1 aliphatic carbocycles. The van der Waals surface area contributed by atoms with Crippen LogP contribution in [0.5, 0.6) is 5.75 Å². The van der Waals surface area contributed by atoms with Gasteiger partial charge in [-0.2, -0.15) is 26.3 Å². The number of ether oxygens (including phenoxy) is 2. The normalized spacial score (nSPS) is 21.0. The molecule has 1 aliphatic heterocycles. The molecule has 0 amide bonds. The van der Waals surface area contributed by atoms with E-state index in [0.29, 0.717) is 12.5 Å². The summed E-state index contributed by atoms with van der Waals surface area (Å²) in [4.78, 5) is 24.3. The van der Waals surface area contributed by atoms with E-state index in [-0.39, 0.29) is 11.4 Å². The third-order valence-corrected chi connectivity index (χ3v) is 6.07. The highest BCUT2D eigenvalue weighted by Crippen LogP contribution is 2.41. The third kappa shape index (κ3) is 10.6. The van der Waals surface area contributed by atoms with Crippen molar-refractivity contribution in [1.82, 2.24) is 9.88 Å². The largest absolute Gasteiger partial charge is 0.492 e. The summed E-state index contributed by atoms with van der Waals surface area (Å²) < 4.78 is 88.9. The standard InChI is InChI=1S/C21H25FN2O2.2C2HF3O2/c22-19-7-5-17(6-8-19)14-24-11-12-26-21(16-24)9-1-3-18(21)15-25-20-4-2-10-23-13-20;2*3-2(4,5)1(6)7/h2,4-8,10,13,18H,1,3,9,11-12,14-16H2;2*(H,6,7)/t18-,21+;;/m0../s1. The van der Waals surface area contributed by atoms with Crippen molar-refractivity contribution in [3.05, 3.63) is 60.2 Å². The van der Waals surface area contributed by atoms with E-state index in [1.54, 1.807) is 12.4 Å². The summed E-state index contributed by atoms with van der Waals surface area (Å²) in [6.07, 6.45) is -3.28. The van der Waals surface area contributed by atoms with E-state index in [1.807, 2.05) is 24.3 Å². The Morgan fingerprint density at radius 2 is 1.65 bits per heavy atom. The van der Waals surface area contributed by atoms with Crippen molar-refractivity contribution in [2.24, 2.45) is 5.92 Å². The molecule has 2 aromatic rings. The van der Waals surface area contributed by atoms with Gasteiger partial charge in [0.05, 0.1) is 25.0 Å². The average Bonchev–Trinajstić information content (AvgIpc) is 3.25. The maximum atomic E-state index is 13.1. The van der Waals surface area contributed by atoms with Crippen molar-refractivity contribution < 1.29 is 60.0 Å². The van der Waals surface area contributed by atoms with Crippen LogP contribution in [-0.4, -0.2) is 76.3 Å². The molecule has 1 saturated heterocycles. The zero-order valence-electron chi connectivity index (χ0n) is 20.9. The maximum Gasteiger partial charge on any atom is 0.490 e. The number of halogens is 7. The number of carboxylic acid groups (broad SMARTS) is 2. The van der Waals surface area contributed by atoms with Gasteiger partial charge in [0.25, 0.3) is 0 Å². The van der Waals surface area contributed by atoms with Gasteiger partial charge in [-0.1, -0.05) is 12.1 Å². The number of rotatable bonds is 5. The summed E-state index contributed by atoms with van der Waals surface area (Å²) in [6.45, 7) is 4.06. The summed E-state index contributed by atoms with van der Waals surface area (Å²) in [5, 5.41) is 14.2. The molecule has 1 spiro atoms. The number of hydrogen-bond acceptors (Lipinski definition) is 6. The van der Waals surface area contributed by atoms with Gasteiger partial charge in [-0.25, -0.2) is 14.0 Å². The molecule has 15 heteroatoms. The molecular weight excluding hydrogens is 557 g/mol. The Labute approximate surface area is 224 Å². The van der Waals surface area contributed by atoms with Gasteiger partial charge in [-0.15, -0.1) is 0 Å². The molecule has 1 saturated carbocycles. The number of benzene rings is 1. The van der Waals surface area contributed by atoms with Crippen molar-refractivity contribution >= 4 is 11.9 Å². The quantitative estimate of drug-likeness (QED) is 0.476. The number of carboxylic acids is 2. The minimum Gasteiger partial charge on any atom is -0.492 e. The lowest BCUT2D eigenvalue weighted by Crippen LogP contribution is -2.54. The first kappa shape index (κ1) is 32.8. The van der Waals surface area contributed by atoms with Crippen LogP contribution in [0.25, 0.3) is 0 Å². The van der Waals surface area contributed by atoms with Gasteiger partial charge in [0.15, 0.2) is 0 Å². The van der Waals surface area contributed by atoms with Gasteiger partial charge in [0, 0.05) is 31.7 Å². The lowest BCUT2D eigenvalue weighted by Gasteiger charge is -2.44. The van der Waals surface area contributed by atoms with E-state index in [4.69, 9.17) is 29.3 Å². The lowest BCUT2D eigenvalue weighted by atomic mass is 9.89. The van der Waals surface area contributed by atoms with Crippen LogP contribution in [0.15, 0.2) is 48.8 Å². The fourth-order valence-corrected chi connectivity index (χ4v) is 4.24. The molecule has 0 bridgehead atoms. The molecule has 40 heavy (non-hydrogen) atoms. The van der Waals surface area contributed by atoms with E-state index in [9.17, 15) is 30.7 Å². The minimum absolute atomic E-state index is 0.125. The van der Waals surface area contributed by atoms with Crippen molar-refractivity contribution in [2.75, 3.05) is 26.3 Å². The number of pyridine rings is 1. The van der Waals surface area contributed by atoms with Crippen LogP contribution < -0.4 is 4.74 Å². The Bertz CT molecular complexity index is 1060. The molecule has 2 heterocycles. The smallest absolute Gasteiger partial charge is 0.490 e. The molecule has 1 aromatic carbocycles. The van der Waals surface area contributed by atoms with Gasteiger partial charge in [0.2, 0.25) is 0 Å². The number of carbonyl (C=O) groups is 2. The number of aromatic nitrogens is 1. The predicted molar refractivity (Wildman–Crippen MR) is 125 cm³/mol. The van der Waals surface area contributed by atoms with Crippen molar-refractivity contribution in [2.45, 2.75) is 43.8 Å². The molecule has 222 valence electrons. The molecular formula is C25H27F7N2O6. The molecule has 2 atom stereocenters. The second-order valence-electron chi connectivity index (χ2n) is 8.95. The van der Waals surface area contributed by atoms with E-state index < -0.39 is 24.3 Å². The first-order valence-corrected chi connectivity index (χ1v) is 11.9. The molecule has 2 fully saturated rings. The predicted octanol–water partition coefficient (Wildman–Crippen LogP) is 4.94. The van der Waals surface area contributed by atoms with E-state index in [1.165, 1.54) is 18.6 Å². The Morgan fingerprint density at radius 3 is 2.17 bits per heavy atom. The Balaban J connectivity index is 0.000000333. The van der Waals surface area contributed by atoms with Crippen molar-refractivity contribution in [3.63, 3.8) is 0 Å². The number of nitrogens with zero attached hydrogens (tertiary/aromatic N) is 2. The van der Waals surface area contributed by atoms with Crippen LogP contribution >= 0.6 is 0 Å². The number of morpholine rings is 1. The van der Waals surface area contributed by atoms with Gasteiger partial charge in [-0.3, -0.25) is 9.88 Å². The Morgan fingerprint density at radius 1 is 1.05 bits per heavy atom. The average molecular weight is 584 g/mol. The first-order chi connectivity index (χ1) is 18.6. The zero-order valence-corrected chi connectivity index (χ0v) is 20.9. The summed E-state index contributed by atoms with van der Waals surface area (Å²) in [5.41, 5.74) is 1.02. The highest BCUT2D eigenvalue weighted by molar-refractivity contribution is 5.73.